The van der Waals surface area contributed by atoms with Crippen LogP contribution < -0.4 is 15.8 Å². The third kappa shape index (κ3) is 3.22. The number of pyridine rings is 2. The molecule has 4 rings (SSSR count). The van der Waals surface area contributed by atoms with Crippen LogP contribution in [0.1, 0.15) is 19.3 Å². The smallest absolute Gasteiger partial charge is 0.250 e. The monoisotopic (exact) mass is 334 g/mol. The van der Waals surface area contributed by atoms with Gasteiger partial charge in [-0.05, 0) is 49.6 Å². The first-order valence-electron chi connectivity index (χ1n) is 8.78. The first-order valence-corrected chi connectivity index (χ1v) is 8.78. The summed E-state index contributed by atoms with van der Waals surface area (Å²) in [6.45, 7) is 2.29. The van der Waals surface area contributed by atoms with Crippen LogP contribution in [0.4, 0.5) is 17.2 Å². The second-order valence-electron chi connectivity index (χ2n) is 6.58. The Hall–Kier alpha value is -2.82. The minimum Gasteiger partial charge on any atom is -0.372 e. The highest BCUT2D eigenvalue weighted by Crippen LogP contribution is 2.24. The highest BCUT2D eigenvalue weighted by Gasteiger charge is 2.10. The van der Waals surface area contributed by atoms with Crippen LogP contribution in [-0.2, 0) is 7.05 Å². The van der Waals surface area contributed by atoms with Crippen molar-refractivity contribution >= 4 is 28.1 Å². The van der Waals surface area contributed by atoms with Crippen molar-refractivity contribution in [2.75, 3.05) is 23.3 Å². The summed E-state index contributed by atoms with van der Waals surface area (Å²) < 4.78 is 1.64. The maximum atomic E-state index is 11.8. The fraction of sp³-hybridized carbons (Fsp3) is 0.300. The predicted molar refractivity (Wildman–Crippen MR) is 103 cm³/mol. The van der Waals surface area contributed by atoms with Gasteiger partial charge in [-0.15, -0.1) is 0 Å². The van der Waals surface area contributed by atoms with Crippen LogP contribution in [0, 0.1) is 0 Å². The molecule has 0 atom stereocenters. The third-order valence-corrected chi connectivity index (χ3v) is 4.87. The molecule has 0 aliphatic carbocycles. The molecular weight excluding hydrogens is 312 g/mol. The number of hydrogen-bond donors (Lipinski definition) is 1. The standard InChI is InChI=1S/C20H22N4O/c1-23-18-13-19(21-14-15(18)5-10-20(23)25)22-16-6-8-17(9-7-16)24-11-3-2-4-12-24/h5-10,13-14H,2-4,11-12H2,1H3,(H,21,22). The maximum Gasteiger partial charge on any atom is 0.250 e. The van der Waals surface area contributed by atoms with Gasteiger partial charge in [0, 0.05) is 55.2 Å². The van der Waals surface area contributed by atoms with E-state index < -0.39 is 0 Å². The number of fused-ring (bicyclic) bond motifs is 1. The van der Waals surface area contributed by atoms with E-state index in [1.807, 2.05) is 12.1 Å². The average Bonchev–Trinajstić information content (AvgIpc) is 2.66. The van der Waals surface area contributed by atoms with Crippen molar-refractivity contribution in [3.63, 3.8) is 0 Å². The number of hydrogen-bond acceptors (Lipinski definition) is 4. The van der Waals surface area contributed by atoms with Gasteiger partial charge in [-0.1, -0.05) is 0 Å². The molecule has 0 spiro atoms. The normalized spacial score (nSPS) is 14.7. The largest absolute Gasteiger partial charge is 0.372 e. The maximum absolute atomic E-state index is 11.8. The number of nitrogens with one attached hydrogen (secondary N) is 1. The van der Waals surface area contributed by atoms with Crippen LogP contribution in [0.25, 0.3) is 10.9 Å². The van der Waals surface area contributed by atoms with Gasteiger partial charge < -0.3 is 14.8 Å². The Morgan fingerprint density at radius 2 is 1.76 bits per heavy atom. The number of aryl methyl sites for hydroxylation is 1. The summed E-state index contributed by atoms with van der Waals surface area (Å²) in [5, 5.41) is 4.28. The molecule has 3 heterocycles. The Morgan fingerprint density at radius 3 is 2.52 bits per heavy atom. The summed E-state index contributed by atoms with van der Waals surface area (Å²) in [4.78, 5) is 18.7. The lowest BCUT2D eigenvalue weighted by Gasteiger charge is -2.28. The second kappa shape index (κ2) is 6.59. The van der Waals surface area contributed by atoms with Crippen LogP contribution >= 0.6 is 0 Å². The Balaban J connectivity index is 1.56. The minimum absolute atomic E-state index is 0.0180. The van der Waals surface area contributed by atoms with E-state index in [0.29, 0.717) is 0 Å². The molecule has 0 radical (unpaired) electrons. The van der Waals surface area contributed by atoms with Gasteiger partial charge in [0.2, 0.25) is 0 Å². The number of aromatic nitrogens is 2. The quantitative estimate of drug-likeness (QED) is 0.794. The van der Waals surface area contributed by atoms with Crippen molar-refractivity contribution in [2.24, 2.45) is 7.05 Å². The van der Waals surface area contributed by atoms with E-state index in [4.69, 9.17) is 0 Å². The van der Waals surface area contributed by atoms with Crippen molar-refractivity contribution < 1.29 is 0 Å². The first kappa shape index (κ1) is 15.7. The lowest BCUT2D eigenvalue weighted by atomic mass is 10.1. The van der Waals surface area contributed by atoms with Crippen molar-refractivity contribution in [3.05, 3.63) is 59.0 Å². The van der Waals surface area contributed by atoms with Crippen molar-refractivity contribution in [2.45, 2.75) is 19.3 Å². The van der Waals surface area contributed by atoms with Gasteiger partial charge in [-0.2, -0.15) is 0 Å². The zero-order valence-corrected chi connectivity index (χ0v) is 14.4. The Labute approximate surface area is 146 Å². The van der Waals surface area contributed by atoms with Gasteiger partial charge in [0.05, 0.1) is 5.52 Å². The number of anilines is 3. The van der Waals surface area contributed by atoms with Gasteiger partial charge in [-0.25, -0.2) is 4.98 Å². The van der Waals surface area contributed by atoms with Gasteiger partial charge in [0.15, 0.2) is 0 Å². The van der Waals surface area contributed by atoms with Crippen LogP contribution in [0.15, 0.2) is 53.5 Å². The highest BCUT2D eigenvalue weighted by atomic mass is 16.1. The molecule has 1 aliphatic heterocycles. The van der Waals surface area contributed by atoms with Crippen LogP contribution in [-0.4, -0.2) is 22.6 Å². The molecule has 5 nitrogen and oxygen atoms in total. The van der Waals surface area contributed by atoms with Gasteiger partial charge in [0.1, 0.15) is 5.82 Å². The van der Waals surface area contributed by atoms with E-state index in [1.165, 1.54) is 24.9 Å². The summed E-state index contributed by atoms with van der Waals surface area (Å²) in [5.41, 5.74) is 3.12. The van der Waals surface area contributed by atoms with E-state index >= 15 is 0 Å². The Bertz CT molecular complexity index is 940. The average molecular weight is 334 g/mol. The molecule has 1 aromatic carbocycles. The predicted octanol–water partition coefficient (Wildman–Crippen LogP) is 3.67. The van der Waals surface area contributed by atoms with E-state index in [0.717, 1.165) is 35.5 Å². The molecule has 25 heavy (non-hydrogen) atoms. The van der Waals surface area contributed by atoms with E-state index in [-0.39, 0.29) is 5.56 Å². The fourth-order valence-electron chi connectivity index (χ4n) is 3.39. The summed E-state index contributed by atoms with van der Waals surface area (Å²) >= 11 is 0. The Morgan fingerprint density at radius 1 is 1.00 bits per heavy atom. The van der Waals surface area contributed by atoms with Gasteiger partial charge in [0.25, 0.3) is 5.56 Å². The molecule has 1 saturated heterocycles. The van der Waals surface area contributed by atoms with Gasteiger partial charge >= 0.3 is 0 Å². The highest BCUT2D eigenvalue weighted by molar-refractivity contribution is 5.81. The topological polar surface area (TPSA) is 50.2 Å². The molecule has 0 amide bonds. The fourth-order valence-corrected chi connectivity index (χ4v) is 3.39. The molecule has 0 saturated carbocycles. The second-order valence-corrected chi connectivity index (χ2v) is 6.58. The Kier molecular flexibility index (Phi) is 4.14. The molecule has 1 aliphatic rings. The number of nitrogens with zero attached hydrogens (tertiary/aromatic N) is 3. The van der Waals surface area contributed by atoms with E-state index in [1.54, 1.807) is 23.9 Å². The van der Waals surface area contributed by atoms with Crippen molar-refractivity contribution in [1.82, 2.24) is 9.55 Å². The summed E-state index contributed by atoms with van der Waals surface area (Å²) in [6, 6.07) is 13.8. The zero-order chi connectivity index (χ0) is 17.2. The SMILES string of the molecule is Cn1c(=O)ccc2cnc(Nc3ccc(N4CCCCC4)cc3)cc21. The van der Waals surface area contributed by atoms with Crippen molar-refractivity contribution in [3.8, 4) is 0 Å². The molecule has 128 valence electrons. The number of piperidine rings is 1. The number of rotatable bonds is 3. The van der Waals surface area contributed by atoms with Crippen LogP contribution in [0.3, 0.4) is 0 Å². The summed E-state index contributed by atoms with van der Waals surface area (Å²) in [6.07, 6.45) is 5.69. The van der Waals surface area contributed by atoms with Gasteiger partial charge in [-0.3, -0.25) is 4.79 Å². The molecule has 3 aromatic rings. The first-order chi connectivity index (χ1) is 12.2. The van der Waals surface area contributed by atoms with E-state index in [9.17, 15) is 4.79 Å². The summed E-state index contributed by atoms with van der Waals surface area (Å²) in [5.74, 6) is 0.736. The molecule has 2 aromatic heterocycles. The molecule has 1 fully saturated rings. The lowest BCUT2D eigenvalue weighted by molar-refractivity contribution is 0.578. The molecule has 0 bridgehead atoms. The third-order valence-electron chi connectivity index (χ3n) is 4.87. The van der Waals surface area contributed by atoms with Crippen LogP contribution in [0.2, 0.25) is 0 Å². The molecular formula is C20H22N4O. The van der Waals surface area contributed by atoms with E-state index in [2.05, 4.69) is 39.5 Å². The minimum atomic E-state index is -0.0180. The summed E-state index contributed by atoms with van der Waals surface area (Å²) in [7, 11) is 1.78. The zero-order valence-electron chi connectivity index (χ0n) is 14.4. The lowest BCUT2D eigenvalue weighted by Crippen LogP contribution is -2.29. The molecule has 0 unspecified atom stereocenters. The van der Waals surface area contributed by atoms with Crippen LogP contribution in [0.5, 0.6) is 0 Å². The van der Waals surface area contributed by atoms with Crippen molar-refractivity contribution in [1.29, 1.82) is 0 Å². The molecule has 5 heteroatoms. The number of benzene rings is 1. The molecule has 1 N–H and O–H groups in total.